The molecule has 8 nitrogen and oxygen atoms in total. The summed E-state index contributed by atoms with van der Waals surface area (Å²) in [5.74, 6) is 1.71. The summed E-state index contributed by atoms with van der Waals surface area (Å²) in [7, 11) is 1.40. The number of terminal acetylenes is 1. The zero-order valence-electron chi connectivity index (χ0n) is 24.9. The van der Waals surface area contributed by atoms with Gasteiger partial charge >= 0.3 is 6.01 Å². The highest BCUT2D eigenvalue weighted by atomic mass is 19.1. The number of rotatable bonds is 3. The van der Waals surface area contributed by atoms with Crippen molar-refractivity contribution in [3.63, 3.8) is 0 Å². The molecule has 1 saturated carbocycles. The summed E-state index contributed by atoms with van der Waals surface area (Å²) in [6.45, 7) is 3.11. The van der Waals surface area contributed by atoms with Crippen molar-refractivity contribution in [2.45, 2.75) is 50.4 Å². The first-order chi connectivity index (χ1) is 21.7. The van der Waals surface area contributed by atoms with Gasteiger partial charge in [-0.1, -0.05) is 12.0 Å². The lowest BCUT2D eigenvalue weighted by molar-refractivity contribution is 0.137. The normalized spacial score (nSPS) is 25.7. The van der Waals surface area contributed by atoms with E-state index >= 15 is 4.39 Å². The number of benzene rings is 2. The molecule has 3 saturated heterocycles. The van der Waals surface area contributed by atoms with Crippen LogP contribution in [0.5, 0.6) is 11.8 Å². The number of nitrogens with zero attached hydrogens (tertiary/aromatic N) is 5. The Kier molecular flexibility index (Phi) is 7.66. The van der Waals surface area contributed by atoms with E-state index in [9.17, 15) is 19.0 Å². The van der Waals surface area contributed by atoms with Gasteiger partial charge in [0.2, 0.25) is 0 Å². The van der Waals surface area contributed by atoms with Crippen molar-refractivity contribution < 1.29 is 28.1 Å². The monoisotopic (exact) mass is 617 g/mol. The Bertz CT molecular complexity index is 1820. The number of ether oxygens (including phenoxy) is 1. The molecular formula is C34H34F3N5O3. The van der Waals surface area contributed by atoms with Crippen molar-refractivity contribution in [3.05, 3.63) is 47.7 Å². The molecule has 0 amide bonds. The van der Waals surface area contributed by atoms with Gasteiger partial charge < -0.3 is 19.8 Å². The average Bonchev–Trinajstić information content (AvgIpc) is 3.69. The van der Waals surface area contributed by atoms with E-state index in [0.717, 1.165) is 25.8 Å². The number of hydrogen-bond acceptors (Lipinski definition) is 8. The van der Waals surface area contributed by atoms with E-state index in [1.165, 1.54) is 50.4 Å². The maximum absolute atomic E-state index is 16.1. The third-order valence-corrected chi connectivity index (χ3v) is 9.72. The van der Waals surface area contributed by atoms with Gasteiger partial charge in [0.25, 0.3) is 0 Å². The van der Waals surface area contributed by atoms with Crippen LogP contribution < -0.4 is 9.64 Å². The van der Waals surface area contributed by atoms with Crippen molar-refractivity contribution in [2.75, 3.05) is 38.2 Å². The minimum absolute atomic E-state index is 0.0110. The predicted molar refractivity (Wildman–Crippen MR) is 165 cm³/mol. The van der Waals surface area contributed by atoms with Crippen LogP contribution in [0.1, 0.15) is 37.7 Å². The molecule has 11 heteroatoms. The first kappa shape index (κ1) is 29.6. The van der Waals surface area contributed by atoms with Crippen molar-refractivity contribution in [3.8, 4) is 35.4 Å². The third-order valence-electron chi connectivity index (χ3n) is 9.72. The van der Waals surface area contributed by atoms with Crippen LogP contribution in [-0.4, -0.2) is 81.7 Å². The number of pyridine rings is 1. The van der Waals surface area contributed by atoms with E-state index in [1.54, 1.807) is 0 Å². The van der Waals surface area contributed by atoms with E-state index in [-0.39, 0.29) is 51.5 Å². The van der Waals surface area contributed by atoms with E-state index in [0.29, 0.717) is 48.2 Å². The van der Waals surface area contributed by atoms with Crippen LogP contribution in [0.15, 0.2) is 30.5 Å². The van der Waals surface area contributed by atoms with E-state index < -0.39 is 17.8 Å². The van der Waals surface area contributed by atoms with Crippen LogP contribution in [0.2, 0.25) is 0 Å². The molecule has 4 aromatic rings. The van der Waals surface area contributed by atoms with Crippen LogP contribution >= 0.6 is 0 Å². The molecule has 0 radical (unpaired) electrons. The number of phenolic OH excluding ortho intramolecular Hbond substituents is 1. The molecule has 2 N–H and O–H groups in total. The fraction of sp³-hybridized carbons (Fsp3) is 0.441. The summed E-state index contributed by atoms with van der Waals surface area (Å²) in [5, 5.41) is 21.8. The number of piperidine rings is 1. The molecule has 3 aliphatic heterocycles. The number of aliphatic hydroxyl groups is 1. The number of aromatic hydroxyl groups is 1. The topological polar surface area (TPSA) is 94.8 Å². The number of halogens is 3. The van der Waals surface area contributed by atoms with Crippen molar-refractivity contribution >= 4 is 27.5 Å². The Hall–Kier alpha value is -4.14. The fourth-order valence-electron chi connectivity index (χ4n) is 7.72. The summed E-state index contributed by atoms with van der Waals surface area (Å²) in [6.07, 6.45) is 11.2. The third kappa shape index (κ3) is 5.30. The molecule has 5 heterocycles. The van der Waals surface area contributed by atoms with Crippen molar-refractivity contribution in [1.29, 1.82) is 0 Å². The maximum Gasteiger partial charge on any atom is 0.318 e. The number of phenols is 1. The molecule has 5 unspecified atom stereocenters. The van der Waals surface area contributed by atoms with Gasteiger partial charge in [-0.15, -0.1) is 6.42 Å². The molecule has 4 aliphatic rings. The SMILES string of the molecule is C#Cc1c(F)ccc2cc(O)cc(-c3ncc4c(N5CC6CC(O)C(C6)C5)nc(OC)nc4c3F)c12.FC1CC2CCCN2C1. The largest absolute Gasteiger partial charge is 0.508 e. The molecule has 234 valence electrons. The van der Waals surface area contributed by atoms with Gasteiger partial charge in [-0.25, -0.2) is 13.2 Å². The number of alkyl halides is 1. The lowest BCUT2D eigenvalue weighted by Crippen LogP contribution is -2.38. The molecule has 2 aromatic heterocycles. The molecule has 45 heavy (non-hydrogen) atoms. The Morgan fingerprint density at radius 1 is 1.09 bits per heavy atom. The molecule has 4 fully saturated rings. The molecular weight excluding hydrogens is 583 g/mol. The second-order valence-electron chi connectivity index (χ2n) is 12.6. The second kappa shape index (κ2) is 11.7. The Morgan fingerprint density at radius 2 is 1.93 bits per heavy atom. The second-order valence-corrected chi connectivity index (χ2v) is 12.6. The van der Waals surface area contributed by atoms with Crippen molar-refractivity contribution in [2.24, 2.45) is 11.8 Å². The Labute approximate surface area is 258 Å². The highest BCUT2D eigenvalue weighted by Gasteiger charge is 2.40. The van der Waals surface area contributed by atoms with E-state index in [1.807, 2.05) is 4.90 Å². The van der Waals surface area contributed by atoms with E-state index in [2.05, 4.69) is 25.8 Å². The van der Waals surface area contributed by atoms with Crippen LogP contribution in [0.25, 0.3) is 32.9 Å². The summed E-state index contributed by atoms with van der Waals surface area (Å²) >= 11 is 0. The summed E-state index contributed by atoms with van der Waals surface area (Å²) in [4.78, 5) is 17.5. The molecule has 0 spiro atoms. The van der Waals surface area contributed by atoms with Crippen LogP contribution in [-0.2, 0) is 0 Å². The summed E-state index contributed by atoms with van der Waals surface area (Å²) in [6, 6.07) is 6.01. The maximum atomic E-state index is 16.1. The molecule has 1 aliphatic carbocycles. The average molecular weight is 618 g/mol. The first-order valence-electron chi connectivity index (χ1n) is 15.4. The Balaban J connectivity index is 0.000000308. The highest BCUT2D eigenvalue weighted by molar-refractivity contribution is 6.03. The summed E-state index contributed by atoms with van der Waals surface area (Å²) in [5.41, 5.74) is -0.0518. The minimum Gasteiger partial charge on any atom is -0.508 e. The van der Waals surface area contributed by atoms with Gasteiger partial charge in [-0.05, 0) is 68.2 Å². The van der Waals surface area contributed by atoms with E-state index in [4.69, 9.17) is 11.2 Å². The van der Waals surface area contributed by atoms with Gasteiger partial charge in [0.15, 0.2) is 5.82 Å². The lowest BCUT2D eigenvalue weighted by Gasteiger charge is -2.33. The van der Waals surface area contributed by atoms with Crippen LogP contribution in [0.3, 0.4) is 0 Å². The molecule has 2 bridgehead atoms. The molecule has 8 rings (SSSR count). The summed E-state index contributed by atoms with van der Waals surface area (Å²) < 4.78 is 48.6. The van der Waals surface area contributed by atoms with Crippen LogP contribution in [0.4, 0.5) is 19.0 Å². The lowest BCUT2D eigenvalue weighted by atomic mass is 9.95. The number of aromatic nitrogens is 3. The number of fused-ring (bicyclic) bond motifs is 5. The number of anilines is 1. The Morgan fingerprint density at radius 3 is 2.69 bits per heavy atom. The van der Waals surface area contributed by atoms with Crippen molar-refractivity contribution in [1.82, 2.24) is 19.9 Å². The highest BCUT2D eigenvalue weighted by Crippen LogP contribution is 2.42. The van der Waals surface area contributed by atoms with Gasteiger partial charge in [0.05, 0.1) is 24.2 Å². The minimum atomic E-state index is -0.770. The quantitative estimate of drug-likeness (QED) is 0.303. The standard InChI is InChI=1S/C27H22F2N4O3.C7H12FN/c1-3-17-20(28)5-4-14-8-16(34)9-18(22(14)17)24-23(29)25-19(10-30-24)26(32-27(31-25)36-2)33-11-13-6-15(12-33)21(35)7-13;8-6-4-7-2-1-3-9(7)5-6/h1,4-5,8-10,13,15,21,34-35H,6-7,11-12H2,2H3;6-7H,1-5H2. The van der Waals surface area contributed by atoms with Gasteiger partial charge in [0, 0.05) is 48.7 Å². The smallest absolute Gasteiger partial charge is 0.318 e. The first-order valence-corrected chi connectivity index (χ1v) is 15.4. The molecule has 2 aromatic carbocycles. The van der Waals surface area contributed by atoms with Gasteiger partial charge in [0.1, 0.15) is 34.8 Å². The zero-order valence-corrected chi connectivity index (χ0v) is 24.9. The fourth-order valence-corrected chi connectivity index (χ4v) is 7.72. The zero-order chi connectivity index (χ0) is 31.4. The molecule has 5 atom stereocenters. The van der Waals surface area contributed by atoms with Crippen LogP contribution in [0, 0.1) is 35.8 Å². The number of hydrogen-bond donors (Lipinski definition) is 2. The number of methoxy groups -OCH3 is 1. The predicted octanol–water partition coefficient (Wildman–Crippen LogP) is 5.22. The van der Waals surface area contributed by atoms with Gasteiger partial charge in [-0.3, -0.25) is 9.88 Å². The number of aliphatic hydroxyl groups excluding tert-OH is 1. The van der Waals surface area contributed by atoms with Gasteiger partial charge in [-0.2, -0.15) is 9.97 Å².